The van der Waals surface area contributed by atoms with Crippen molar-refractivity contribution in [3.8, 4) is 17.2 Å². The van der Waals surface area contributed by atoms with Crippen LogP contribution in [-0.2, 0) is 9.59 Å². The highest BCUT2D eigenvalue weighted by molar-refractivity contribution is 8.00. The molecule has 244 valence electrons. The third-order valence-electron chi connectivity index (χ3n) is 6.75. The molecule has 47 heavy (non-hydrogen) atoms. The lowest BCUT2D eigenvalue weighted by atomic mass is 10.1. The summed E-state index contributed by atoms with van der Waals surface area (Å²) < 4.78 is 16.3. The van der Waals surface area contributed by atoms with E-state index in [0.29, 0.717) is 56.2 Å². The van der Waals surface area contributed by atoms with Gasteiger partial charge in [0.2, 0.25) is 11.7 Å². The zero-order chi connectivity index (χ0) is 33.9. The number of nitrogens with one attached hydrogen (secondary N) is 3. The normalized spacial score (nSPS) is 11.7. The van der Waals surface area contributed by atoms with Crippen molar-refractivity contribution in [2.75, 3.05) is 32.0 Å². The van der Waals surface area contributed by atoms with Gasteiger partial charge in [0.05, 0.1) is 37.3 Å². The van der Waals surface area contributed by atoms with E-state index in [9.17, 15) is 14.4 Å². The number of rotatable bonds is 13. The van der Waals surface area contributed by atoms with E-state index in [1.54, 1.807) is 78.9 Å². The first kappa shape index (κ1) is 35.2. The summed E-state index contributed by atoms with van der Waals surface area (Å²) in [7, 11) is 4.46. The van der Waals surface area contributed by atoms with Gasteiger partial charge in [-0.1, -0.05) is 54.4 Å². The third-order valence-corrected chi connectivity index (χ3v) is 8.67. The second kappa shape index (κ2) is 16.8. The number of thioether (sulfide) groups is 1. The second-order valence-electron chi connectivity index (χ2n) is 9.95. The Kier molecular flexibility index (Phi) is 12.6. The van der Waals surface area contributed by atoms with Gasteiger partial charge in [-0.3, -0.25) is 14.4 Å². The second-order valence-corrected chi connectivity index (χ2v) is 12.1. The van der Waals surface area contributed by atoms with Crippen LogP contribution < -0.4 is 30.2 Å². The van der Waals surface area contributed by atoms with Gasteiger partial charge in [-0.25, -0.2) is 0 Å². The molecule has 12 heteroatoms. The van der Waals surface area contributed by atoms with Crippen LogP contribution >= 0.6 is 35.0 Å². The molecule has 0 spiro atoms. The molecule has 3 N–H and O–H groups in total. The number of carbonyl (C=O) groups is 3. The number of halogens is 2. The van der Waals surface area contributed by atoms with Gasteiger partial charge in [-0.2, -0.15) is 0 Å². The van der Waals surface area contributed by atoms with Gasteiger partial charge >= 0.3 is 0 Å². The van der Waals surface area contributed by atoms with Crippen molar-refractivity contribution in [3.63, 3.8) is 0 Å². The standard InChI is InChI=1S/C35H33Cl2N3O6S/c1-5-31(35(43)39-27-19-23(36)14-15-26(27)37)47-25-13-9-12-24(20-25)38-34(42)28(40-33(41)22-10-7-6-8-11-22)16-21-17-29(44-2)32(46-4)30(18-21)45-3/h6-20,31H,5H2,1-4H3,(H,38,42)(H,39,43)(H,40,41)/b28-16+. The molecular formula is C35H33Cl2N3O6S. The SMILES string of the molecule is CCC(Sc1cccc(NC(=O)/C(=C\c2cc(OC)c(OC)c(OC)c2)NC(=O)c2ccccc2)c1)C(=O)Nc1cc(Cl)ccc1Cl. The van der Waals surface area contributed by atoms with Gasteiger partial charge < -0.3 is 30.2 Å². The van der Waals surface area contributed by atoms with Gasteiger partial charge in [-0.15, -0.1) is 11.8 Å². The summed E-state index contributed by atoms with van der Waals surface area (Å²) in [6, 6.07) is 23.8. The number of amides is 3. The molecular weight excluding hydrogens is 661 g/mol. The number of anilines is 2. The van der Waals surface area contributed by atoms with E-state index in [0.717, 1.165) is 4.90 Å². The Labute approximate surface area is 287 Å². The first-order valence-electron chi connectivity index (χ1n) is 14.4. The van der Waals surface area contributed by atoms with Crippen molar-refractivity contribution in [1.82, 2.24) is 5.32 Å². The van der Waals surface area contributed by atoms with Gasteiger partial charge in [0, 0.05) is 21.2 Å². The quantitative estimate of drug-likeness (QED) is 0.0962. The van der Waals surface area contributed by atoms with Crippen molar-refractivity contribution in [1.29, 1.82) is 0 Å². The van der Waals surface area contributed by atoms with Crippen LogP contribution in [0.5, 0.6) is 17.2 Å². The molecule has 4 aromatic rings. The van der Waals surface area contributed by atoms with Crippen LogP contribution in [0, 0.1) is 0 Å². The summed E-state index contributed by atoms with van der Waals surface area (Å²) in [5.74, 6) is -0.148. The molecule has 9 nitrogen and oxygen atoms in total. The van der Waals surface area contributed by atoms with Gasteiger partial charge in [0.15, 0.2) is 11.5 Å². The first-order chi connectivity index (χ1) is 22.6. The van der Waals surface area contributed by atoms with Crippen LogP contribution in [0.4, 0.5) is 11.4 Å². The average Bonchev–Trinajstić information content (AvgIpc) is 3.08. The molecule has 0 fully saturated rings. The summed E-state index contributed by atoms with van der Waals surface area (Å²) in [4.78, 5) is 40.7. The number of hydrogen-bond donors (Lipinski definition) is 3. The van der Waals surface area contributed by atoms with Gasteiger partial charge in [0.25, 0.3) is 11.8 Å². The molecule has 1 atom stereocenters. The Morgan fingerprint density at radius 3 is 2.17 bits per heavy atom. The first-order valence-corrected chi connectivity index (χ1v) is 16.0. The van der Waals surface area contributed by atoms with E-state index in [2.05, 4.69) is 16.0 Å². The molecule has 0 aliphatic rings. The molecule has 3 amide bonds. The molecule has 0 saturated heterocycles. The smallest absolute Gasteiger partial charge is 0.272 e. The fourth-order valence-electron chi connectivity index (χ4n) is 4.43. The molecule has 0 aromatic heterocycles. The van der Waals surface area contributed by atoms with Crippen molar-refractivity contribution in [3.05, 3.63) is 112 Å². The monoisotopic (exact) mass is 693 g/mol. The number of benzene rings is 4. The molecule has 0 radical (unpaired) electrons. The summed E-state index contributed by atoms with van der Waals surface area (Å²) in [5.41, 5.74) is 1.73. The molecule has 0 heterocycles. The highest BCUT2D eigenvalue weighted by Gasteiger charge is 2.21. The Morgan fingerprint density at radius 1 is 0.830 bits per heavy atom. The summed E-state index contributed by atoms with van der Waals surface area (Å²) in [6.45, 7) is 1.90. The fraction of sp³-hybridized carbons (Fsp3) is 0.171. The molecule has 1 unspecified atom stereocenters. The van der Waals surface area contributed by atoms with Gasteiger partial charge in [0.1, 0.15) is 5.70 Å². The number of methoxy groups -OCH3 is 3. The van der Waals surface area contributed by atoms with Crippen molar-refractivity contribution in [2.24, 2.45) is 0 Å². The highest BCUT2D eigenvalue weighted by atomic mass is 35.5. The van der Waals surface area contributed by atoms with Crippen molar-refractivity contribution < 1.29 is 28.6 Å². The molecule has 0 saturated carbocycles. The third kappa shape index (κ3) is 9.45. The molecule has 0 aliphatic carbocycles. The summed E-state index contributed by atoms with van der Waals surface area (Å²) in [5, 5.41) is 8.79. The van der Waals surface area contributed by atoms with E-state index in [-0.39, 0.29) is 11.6 Å². The number of ether oxygens (including phenoxy) is 3. The van der Waals surface area contributed by atoms with Crippen LogP contribution in [0.25, 0.3) is 6.08 Å². The maximum atomic E-state index is 13.7. The Morgan fingerprint density at radius 2 is 1.53 bits per heavy atom. The molecule has 0 bridgehead atoms. The molecule has 4 aromatic carbocycles. The predicted molar refractivity (Wildman–Crippen MR) is 188 cm³/mol. The largest absolute Gasteiger partial charge is 0.493 e. The van der Waals surface area contributed by atoms with Crippen molar-refractivity contribution >= 4 is 70.1 Å². The zero-order valence-corrected chi connectivity index (χ0v) is 28.4. The molecule has 4 rings (SSSR count). The minimum atomic E-state index is -0.578. The van der Waals surface area contributed by atoms with Crippen LogP contribution in [-0.4, -0.2) is 44.3 Å². The average molecular weight is 695 g/mol. The van der Waals surface area contributed by atoms with Crippen LogP contribution in [0.1, 0.15) is 29.3 Å². The zero-order valence-electron chi connectivity index (χ0n) is 26.1. The van der Waals surface area contributed by atoms with E-state index in [1.807, 2.05) is 13.0 Å². The lowest BCUT2D eigenvalue weighted by Gasteiger charge is -2.17. The van der Waals surface area contributed by atoms with E-state index < -0.39 is 17.1 Å². The minimum absolute atomic E-state index is 0.0320. The summed E-state index contributed by atoms with van der Waals surface area (Å²) >= 11 is 13.6. The Bertz CT molecular complexity index is 1760. The Balaban J connectivity index is 1.59. The maximum Gasteiger partial charge on any atom is 0.272 e. The predicted octanol–water partition coefficient (Wildman–Crippen LogP) is 7.94. The fourth-order valence-corrected chi connectivity index (χ4v) is 5.78. The maximum absolute atomic E-state index is 13.7. The highest BCUT2D eigenvalue weighted by Crippen LogP contribution is 2.39. The van der Waals surface area contributed by atoms with Gasteiger partial charge in [-0.05, 0) is 78.7 Å². The van der Waals surface area contributed by atoms with E-state index in [1.165, 1.54) is 39.2 Å². The van der Waals surface area contributed by atoms with Crippen LogP contribution in [0.2, 0.25) is 10.0 Å². The van der Waals surface area contributed by atoms with Crippen molar-refractivity contribution in [2.45, 2.75) is 23.5 Å². The van der Waals surface area contributed by atoms with E-state index in [4.69, 9.17) is 37.4 Å². The lowest BCUT2D eigenvalue weighted by molar-refractivity contribution is -0.116. The minimum Gasteiger partial charge on any atom is -0.493 e. The molecule has 0 aliphatic heterocycles. The van der Waals surface area contributed by atoms with E-state index >= 15 is 0 Å². The lowest BCUT2D eigenvalue weighted by Crippen LogP contribution is -2.30. The van der Waals surface area contributed by atoms with Crippen LogP contribution in [0.15, 0.2) is 95.5 Å². The number of carbonyl (C=O) groups excluding carboxylic acids is 3. The number of hydrogen-bond acceptors (Lipinski definition) is 7. The van der Waals surface area contributed by atoms with Crippen LogP contribution in [0.3, 0.4) is 0 Å². The Hall–Kier alpha value is -4.64. The topological polar surface area (TPSA) is 115 Å². The summed E-state index contributed by atoms with van der Waals surface area (Å²) in [6.07, 6.45) is 2.04.